The fourth-order valence-corrected chi connectivity index (χ4v) is 2.31. The molecule has 1 aliphatic heterocycles. The third-order valence-electron chi connectivity index (χ3n) is 3.49. The number of ketones is 2. The minimum Gasteiger partial charge on any atom is -0.454 e. The lowest BCUT2D eigenvalue weighted by Gasteiger charge is -2.11. The number of carbonyl (C=O) groups excluding carboxylic acids is 2. The van der Waals surface area contributed by atoms with E-state index in [2.05, 4.69) is 0 Å². The zero-order valence-electron chi connectivity index (χ0n) is 12.1. The number of hydrogen-bond acceptors (Lipinski definition) is 5. The van der Waals surface area contributed by atoms with E-state index in [4.69, 9.17) is 9.47 Å². The number of Topliss-reactive ketones (excluding diaryl/α,β-unsaturated/α-hetero) is 2. The van der Waals surface area contributed by atoms with Gasteiger partial charge in [-0.05, 0) is 25.0 Å². The van der Waals surface area contributed by atoms with Gasteiger partial charge in [0.05, 0.1) is 11.1 Å². The molecule has 21 heavy (non-hydrogen) atoms. The Morgan fingerprint density at radius 3 is 2.67 bits per heavy atom. The molecule has 0 atom stereocenters. The first-order valence-corrected chi connectivity index (χ1v) is 6.93. The Hall–Kier alpha value is -2.30. The highest BCUT2D eigenvalue weighted by Crippen LogP contribution is 2.38. The van der Waals surface area contributed by atoms with Crippen LogP contribution in [0.2, 0.25) is 0 Å². The topological polar surface area (TPSA) is 55.8 Å². The lowest BCUT2D eigenvalue weighted by Crippen LogP contribution is -2.19. The Bertz CT molecular complexity index is 629. The zero-order valence-corrected chi connectivity index (χ0v) is 12.1. The summed E-state index contributed by atoms with van der Waals surface area (Å²) in [7, 11) is 3.59. The molecular formula is C16H17NO4. The van der Waals surface area contributed by atoms with Gasteiger partial charge in [0.1, 0.15) is 0 Å². The Labute approximate surface area is 123 Å². The molecule has 1 aromatic carbocycles. The van der Waals surface area contributed by atoms with E-state index in [1.807, 2.05) is 0 Å². The van der Waals surface area contributed by atoms with Crippen LogP contribution in [0.3, 0.4) is 0 Å². The summed E-state index contributed by atoms with van der Waals surface area (Å²) < 4.78 is 10.6. The average molecular weight is 287 g/mol. The Morgan fingerprint density at radius 1 is 1.24 bits per heavy atom. The molecule has 0 radical (unpaired) electrons. The number of hydrogen-bond donors (Lipinski definition) is 0. The van der Waals surface area contributed by atoms with Gasteiger partial charge in [-0.3, -0.25) is 9.59 Å². The quantitative estimate of drug-likeness (QED) is 0.359. The number of para-hydroxylation sites is 1. The van der Waals surface area contributed by atoms with E-state index in [0.29, 0.717) is 17.1 Å². The summed E-state index contributed by atoms with van der Waals surface area (Å²) in [6.45, 7) is 0.100. The van der Waals surface area contributed by atoms with Crippen molar-refractivity contribution >= 4 is 11.6 Å². The lowest BCUT2D eigenvalue weighted by molar-refractivity contribution is -0.116. The minimum atomic E-state index is -0.303. The number of ether oxygens (including phenoxy) is 2. The van der Waals surface area contributed by atoms with Crippen molar-refractivity contribution in [1.29, 1.82) is 0 Å². The van der Waals surface area contributed by atoms with Crippen LogP contribution >= 0.6 is 0 Å². The second-order valence-corrected chi connectivity index (χ2v) is 5.51. The van der Waals surface area contributed by atoms with Crippen molar-refractivity contribution in [2.24, 2.45) is 5.92 Å². The van der Waals surface area contributed by atoms with Crippen LogP contribution in [0.15, 0.2) is 30.0 Å². The molecule has 2 aliphatic rings. The molecule has 1 aliphatic carbocycles. The van der Waals surface area contributed by atoms with Gasteiger partial charge in [0.15, 0.2) is 17.3 Å². The summed E-state index contributed by atoms with van der Waals surface area (Å²) in [5, 5.41) is 0. The summed E-state index contributed by atoms with van der Waals surface area (Å²) in [5.74, 6) is 0.585. The molecule has 0 bridgehead atoms. The molecule has 1 heterocycles. The summed E-state index contributed by atoms with van der Waals surface area (Å²) >= 11 is 0. The van der Waals surface area contributed by atoms with Crippen molar-refractivity contribution in [2.75, 3.05) is 20.9 Å². The molecule has 0 unspecified atom stereocenters. The molecular weight excluding hydrogens is 270 g/mol. The molecule has 0 amide bonds. The van der Waals surface area contributed by atoms with Crippen molar-refractivity contribution in [3.05, 3.63) is 35.5 Å². The van der Waals surface area contributed by atoms with Crippen LogP contribution in [0.4, 0.5) is 0 Å². The number of nitrogens with zero attached hydrogens (tertiary/aromatic N) is 1. The van der Waals surface area contributed by atoms with Gasteiger partial charge in [-0.25, -0.2) is 0 Å². The molecule has 5 heteroatoms. The van der Waals surface area contributed by atoms with Crippen molar-refractivity contribution < 1.29 is 19.1 Å². The van der Waals surface area contributed by atoms with Crippen molar-refractivity contribution in [3.63, 3.8) is 0 Å². The minimum absolute atomic E-state index is 0.00548. The average Bonchev–Trinajstić information content (AvgIpc) is 3.20. The predicted octanol–water partition coefficient (Wildman–Crippen LogP) is 2.02. The van der Waals surface area contributed by atoms with E-state index in [0.717, 1.165) is 12.8 Å². The third-order valence-corrected chi connectivity index (χ3v) is 3.49. The predicted molar refractivity (Wildman–Crippen MR) is 76.4 cm³/mol. The number of allylic oxidation sites excluding steroid dienone is 1. The number of fused-ring (bicyclic) bond motifs is 1. The van der Waals surface area contributed by atoms with Crippen LogP contribution in [-0.4, -0.2) is 37.4 Å². The van der Waals surface area contributed by atoms with Crippen molar-refractivity contribution in [2.45, 2.75) is 12.8 Å². The van der Waals surface area contributed by atoms with Gasteiger partial charge < -0.3 is 14.4 Å². The first-order chi connectivity index (χ1) is 10.1. The maximum Gasteiger partial charge on any atom is 0.231 e. The van der Waals surface area contributed by atoms with Crippen LogP contribution in [0.25, 0.3) is 0 Å². The van der Waals surface area contributed by atoms with Crippen LogP contribution in [0.5, 0.6) is 11.5 Å². The van der Waals surface area contributed by atoms with E-state index in [1.165, 1.54) is 0 Å². The molecule has 1 fully saturated rings. The van der Waals surface area contributed by atoms with Crippen molar-refractivity contribution in [1.82, 2.24) is 4.90 Å². The molecule has 1 aromatic rings. The molecule has 1 saturated carbocycles. The molecule has 0 N–H and O–H groups in total. The Kier molecular flexibility index (Phi) is 3.41. The number of benzene rings is 1. The van der Waals surface area contributed by atoms with Gasteiger partial charge in [-0.1, -0.05) is 6.07 Å². The second kappa shape index (κ2) is 5.24. The van der Waals surface area contributed by atoms with Crippen LogP contribution in [0.1, 0.15) is 23.2 Å². The zero-order chi connectivity index (χ0) is 15.0. The van der Waals surface area contributed by atoms with Gasteiger partial charge >= 0.3 is 0 Å². The highest BCUT2D eigenvalue weighted by Gasteiger charge is 2.36. The fraction of sp³-hybridized carbons (Fsp3) is 0.375. The second-order valence-electron chi connectivity index (χ2n) is 5.51. The molecule has 0 saturated heterocycles. The lowest BCUT2D eigenvalue weighted by atomic mass is 9.97. The summed E-state index contributed by atoms with van der Waals surface area (Å²) in [4.78, 5) is 26.8. The number of carbonyl (C=O) groups is 2. The normalized spacial score (nSPS) is 16.8. The SMILES string of the molecule is CN(C)C=C(C(=O)c1cccc2c1OCO2)C(=O)C1CC1. The van der Waals surface area contributed by atoms with Gasteiger partial charge in [0.25, 0.3) is 0 Å². The highest BCUT2D eigenvalue weighted by atomic mass is 16.7. The van der Waals surface area contributed by atoms with E-state index in [9.17, 15) is 9.59 Å². The molecule has 110 valence electrons. The summed E-state index contributed by atoms with van der Waals surface area (Å²) in [6, 6.07) is 5.15. The maximum atomic E-state index is 12.8. The highest BCUT2D eigenvalue weighted by molar-refractivity contribution is 6.28. The van der Waals surface area contributed by atoms with Gasteiger partial charge in [-0.2, -0.15) is 0 Å². The smallest absolute Gasteiger partial charge is 0.231 e. The largest absolute Gasteiger partial charge is 0.454 e. The van der Waals surface area contributed by atoms with E-state index >= 15 is 0 Å². The standard InChI is InChI=1S/C16H17NO4/c1-17(2)8-12(14(18)10-6-7-10)15(19)11-4-3-5-13-16(11)21-9-20-13/h3-5,8,10H,6-7,9H2,1-2H3. The number of rotatable bonds is 5. The van der Waals surface area contributed by atoms with Gasteiger partial charge in [-0.15, -0.1) is 0 Å². The van der Waals surface area contributed by atoms with Crippen LogP contribution in [0, 0.1) is 5.92 Å². The summed E-state index contributed by atoms with van der Waals surface area (Å²) in [6.07, 6.45) is 3.32. The first kappa shape index (κ1) is 13.7. The molecule has 0 aromatic heterocycles. The Morgan fingerprint density at radius 2 is 2.00 bits per heavy atom. The first-order valence-electron chi connectivity index (χ1n) is 6.93. The summed E-state index contributed by atoms with van der Waals surface area (Å²) in [5.41, 5.74) is 0.596. The van der Waals surface area contributed by atoms with Gasteiger partial charge in [0, 0.05) is 26.2 Å². The van der Waals surface area contributed by atoms with Crippen LogP contribution < -0.4 is 9.47 Å². The van der Waals surface area contributed by atoms with Gasteiger partial charge in [0.2, 0.25) is 12.6 Å². The van der Waals surface area contributed by atoms with E-state index < -0.39 is 0 Å². The molecule has 0 spiro atoms. The van der Waals surface area contributed by atoms with E-state index in [1.54, 1.807) is 43.4 Å². The monoisotopic (exact) mass is 287 g/mol. The fourth-order valence-electron chi connectivity index (χ4n) is 2.31. The van der Waals surface area contributed by atoms with Crippen LogP contribution in [-0.2, 0) is 4.79 Å². The maximum absolute atomic E-state index is 12.8. The molecule has 3 rings (SSSR count). The third kappa shape index (κ3) is 2.63. The van der Waals surface area contributed by atoms with Crippen molar-refractivity contribution in [3.8, 4) is 11.5 Å². The Balaban J connectivity index is 1.98. The van der Waals surface area contributed by atoms with E-state index in [-0.39, 0.29) is 29.9 Å². The molecule has 5 nitrogen and oxygen atoms in total.